The highest BCUT2D eigenvalue weighted by molar-refractivity contribution is 5.87. The largest absolute Gasteiger partial charge is 0.492 e. The van der Waals surface area contributed by atoms with Crippen LogP contribution in [0.4, 0.5) is 13.2 Å². The molecule has 0 aliphatic heterocycles. The number of benzene rings is 1. The molecule has 0 atom stereocenters. The van der Waals surface area contributed by atoms with Crippen LogP contribution >= 0.6 is 0 Å². The van der Waals surface area contributed by atoms with E-state index < -0.39 is 12.1 Å². The topological polar surface area (TPSA) is 124 Å². The molecule has 0 aliphatic carbocycles. The van der Waals surface area contributed by atoms with Crippen molar-refractivity contribution in [3.8, 4) is 28.3 Å². The van der Waals surface area contributed by atoms with Crippen LogP contribution in [0.3, 0.4) is 0 Å². The third kappa shape index (κ3) is 6.90. The third-order valence-electron chi connectivity index (χ3n) is 4.71. The number of carbonyl (C=O) groups is 1. The van der Waals surface area contributed by atoms with Crippen LogP contribution in [0, 0.1) is 0 Å². The van der Waals surface area contributed by atoms with Gasteiger partial charge in [0.05, 0.1) is 17.0 Å². The fourth-order valence-corrected chi connectivity index (χ4v) is 2.96. The molecule has 0 radical (unpaired) electrons. The van der Waals surface area contributed by atoms with Gasteiger partial charge in [0.25, 0.3) is 5.56 Å². The van der Waals surface area contributed by atoms with Crippen LogP contribution in [-0.2, 0) is 4.79 Å². The number of likely N-dealkylation sites (N-methyl/N-ethyl adjacent to an activating group) is 1. The maximum atomic E-state index is 12.4. The number of hydrogen-bond donors (Lipinski definition) is 3. The molecule has 3 heterocycles. The van der Waals surface area contributed by atoms with E-state index in [0.29, 0.717) is 17.9 Å². The van der Waals surface area contributed by atoms with E-state index in [9.17, 15) is 18.0 Å². The highest BCUT2D eigenvalue weighted by Gasteiger charge is 2.38. The first-order chi connectivity index (χ1) is 16.5. The zero-order valence-corrected chi connectivity index (χ0v) is 18.8. The van der Waals surface area contributed by atoms with Gasteiger partial charge >= 0.3 is 12.1 Å². The molecule has 184 valence electrons. The van der Waals surface area contributed by atoms with Gasteiger partial charge in [-0.3, -0.25) is 9.78 Å². The van der Waals surface area contributed by atoms with Crippen LogP contribution in [0.15, 0.2) is 59.7 Å². The second-order valence-electron chi connectivity index (χ2n) is 7.62. The van der Waals surface area contributed by atoms with Crippen LogP contribution in [-0.4, -0.2) is 69.6 Å². The Bertz CT molecular complexity index is 1350. The van der Waals surface area contributed by atoms with E-state index in [1.54, 1.807) is 18.5 Å². The lowest BCUT2D eigenvalue weighted by molar-refractivity contribution is -0.192. The van der Waals surface area contributed by atoms with Crippen molar-refractivity contribution in [2.45, 2.75) is 6.18 Å². The first kappa shape index (κ1) is 25.4. The number of aromatic amines is 2. The van der Waals surface area contributed by atoms with Crippen molar-refractivity contribution >= 4 is 16.9 Å². The molecule has 0 amide bonds. The fourth-order valence-electron chi connectivity index (χ4n) is 2.96. The Kier molecular flexibility index (Phi) is 7.87. The Morgan fingerprint density at radius 3 is 2.43 bits per heavy atom. The van der Waals surface area contributed by atoms with Gasteiger partial charge in [-0.15, -0.1) is 0 Å². The summed E-state index contributed by atoms with van der Waals surface area (Å²) in [6.07, 6.45) is -1.69. The third-order valence-corrected chi connectivity index (χ3v) is 4.71. The zero-order valence-electron chi connectivity index (χ0n) is 18.8. The Morgan fingerprint density at radius 2 is 1.80 bits per heavy atom. The van der Waals surface area contributed by atoms with Crippen LogP contribution in [0.5, 0.6) is 5.75 Å². The summed E-state index contributed by atoms with van der Waals surface area (Å²) in [6.45, 7) is 1.46. The molecule has 4 aromatic rings. The highest BCUT2D eigenvalue weighted by Crippen LogP contribution is 2.27. The second kappa shape index (κ2) is 10.8. The second-order valence-corrected chi connectivity index (χ2v) is 7.62. The first-order valence-electron chi connectivity index (χ1n) is 10.3. The summed E-state index contributed by atoms with van der Waals surface area (Å²) in [5, 5.41) is 14.9. The first-order valence-corrected chi connectivity index (χ1v) is 10.3. The van der Waals surface area contributed by atoms with Gasteiger partial charge in [0.15, 0.2) is 0 Å². The fraction of sp³-hybridized carbons (Fsp3) is 0.217. The van der Waals surface area contributed by atoms with Crippen molar-refractivity contribution in [3.05, 3.63) is 65.2 Å². The molecule has 0 saturated heterocycles. The van der Waals surface area contributed by atoms with E-state index >= 15 is 0 Å². The van der Waals surface area contributed by atoms with Gasteiger partial charge in [0, 0.05) is 41.5 Å². The minimum absolute atomic E-state index is 0.244. The quantitative estimate of drug-likeness (QED) is 0.378. The van der Waals surface area contributed by atoms with Crippen LogP contribution in [0.2, 0.25) is 0 Å². The molecule has 35 heavy (non-hydrogen) atoms. The van der Waals surface area contributed by atoms with E-state index in [0.717, 1.165) is 34.5 Å². The predicted octanol–water partition coefficient (Wildman–Crippen LogP) is 3.55. The molecule has 1 aromatic carbocycles. The molecule has 0 saturated carbocycles. The van der Waals surface area contributed by atoms with E-state index in [2.05, 4.69) is 25.1 Å². The number of nitrogens with one attached hydrogen (secondary N) is 2. The lowest BCUT2D eigenvalue weighted by Gasteiger charge is -2.10. The van der Waals surface area contributed by atoms with E-state index in [-0.39, 0.29) is 5.56 Å². The summed E-state index contributed by atoms with van der Waals surface area (Å²) >= 11 is 0. The molecule has 0 aliphatic rings. The number of aromatic nitrogens is 4. The molecule has 0 bridgehead atoms. The molecule has 0 fully saturated rings. The van der Waals surface area contributed by atoms with Gasteiger partial charge in [-0.05, 0) is 50.5 Å². The number of carboxylic acid groups (broad SMARTS) is 1. The number of carboxylic acids is 1. The van der Waals surface area contributed by atoms with Gasteiger partial charge in [-0.25, -0.2) is 9.89 Å². The Labute approximate surface area is 197 Å². The van der Waals surface area contributed by atoms with Crippen molar-refractivity contribution in [1.82, 2.24) is 25.1 Å². The normalized spacial score (nSPS) is 11.3. The van der Waals surface area contributed by atoms with Crippen molar-refractivity contribution in [1.29, 1.82) is 0 Å². The zero-order chi connectivity index (χ0) is 25.6. The molecular weight excluding hydrogens is 467 g/mol. The number of nitrogens with zero attached hydrogens (tertiary/aromatic N) is 3. The SMILES string of the molecule is CN(C)CCOc1ccc2cc(-c3cc(-c4ccncc4)n[nH]c3=O)[nH]c2c1.O=C(O)C(F)(F)F. The molecule has 3 N–H and O–H groups in total. The van der Waals surface area contributed by atoms with E-state index in [1.807, 2.05) is 50.5 Å². The smallest absolute Gasteiger partial charge is 0.490 e. The Morgan fingerprint density at radius 1 is 1.11 bits per heavy atom. The summed E-state index contributed by atoms with van der Waals surface area (Å²) in [4.78, 5) is 30.7. The van der Waals surface area contributed by atoms with Gasteiger partial charge in [0.1, 0.15) is 12.4 Å². The molecule has 4 rings (SSSR count). The number of fused-ring (bicyclic) bond motifs is 1. The van der Waals surface area contributed by atoms with Crippen molar-refractivity contribution in [2.75, 3.05) is 27.2 Å². The van der Waals surface area contributed by atoms with Gasteiger partial charge in [-0.1, -0.05) is 0 Å². The van der Waals surface area contributed by atoms with Crippen LogP contribution < -0.4 is 10.3 Å². The number of H-pyrrole nitrogens is 2. The molecule has 12 heteroatoms. The predicted molar refractivity (Wildman–Crippen MR) is 123 cm³/mol. The average Bonchev–Trinajstić information content (AvgIpc) is 3.23. The van der Waals surface area contributed by atoms with Gasteiger partial charge in [0.2, 0.25) is 0 Å². The molecule has 9 nitrogen and oxygen atoms in total. The number of alkyl halides is 3. The minimum atomic E-state index is -5.08. The molecular formula is C23H22F3N5O4. The van der Waals surface area contributed by atoms with Gasteiger partial charge in [-0.2, -0.15) is 18.3 Å². The maximum Gasteiger partial charge on any atom is 0.490 e. The molecule has 0 unspecified atom stereocenters. The minimum Gasteiger partial charge on any atom is -0.492 e. The van der Waals surface area contributed by atoms with Crippen LogP contribution in [0.1, 0.15) is 0 Å². The van der Waals surface area contributed by atoms with Crippen molar-refractivity contribution in [3.63, 3.8) is 0 Å². The summed E-state index contributed by atoms with van der Waals surface area (Å²) in [5.41, 5.74) is 3.52. The number of rotatable bonds is 6. The molecule has 0 spiro atoms. The summed E-state index contributed by atoms with van der Waals surface area (Å²) < 4.78 is 37.5. The maximum absolute atomic E-state index is 12.4. The summed E-state index contributed by atoms with van der Waals surface area (Å²) in [7, 11) is 4.02. The average molecular weight is 489 g/mol. The van der Waals surface area contributed by atoms with E-state index in [4.69, 9.17) is 14.6 Å². The number of halogens is 3. The van der Waals surface area contributed by atoms with Crippen molar-refractivity contribution < 1.29 is 27.8 Å². The number of hydrogen-bond acceptors (Lipinski definition) is 6. The lowest BCUT2D eigenvalue weighted by Crippen LogP contribution is -2.21. The summed E-state index contributed by atoms with van der Waals surface area (Å²) in [6, 6.07) is 13.3. The standard InChI is InChI=1S/C21H21N5O2.C2HF3O2/c1-26(2)9-10-28-16-4-3-15-11-20(23-18(15)12-16)17-13-19(24-25-21(17)27)14-5-7-22-8-6-14;3-2(4,5)1(6)7/h3-8,11-13,23H,9-10H2,1-2H3,(H,25,27);(H,6,7). The van der Waals surface area contributed by atoms with Gasteiger partial charge < -0.3 is 19.7 Å². The lowest BCUT2D eigenvalue weighted by atomic mass is 10.1. The van der Waals surface area contributed by atoms with Crippen LogP contribution in [0.25, 0.3) is 33.4 Å². The number of pyridine rings is 1. The van der Waals surface area contributed by atoms with E-state index in [1.165, 1.54) is 0 Å². The highest BCUT2D eigenvalue weighted by atomic mass is 19.4. The monoisotopic (exact) mass is 489 g/mol. The van der Waals surface area contributed by atoms with Crippen molar-refractivity contribution in [2.24, 2.45) is 0 Å². The Hall–Kier alpha value is -4.19. The Balaban J connectivity index is 0.000000429. The number of aliphatic carboxylic acids is 1. The molecule has 3 aromatic heterocycles. The number of ether oxygens (including phenoxy) is 1. The summed E-state index contributed by atoms with van der Waals surface area (Å²) in [5.74, 6) is -1.96.